The van der Waals surface area contributed by atoms with Gasteiger partial charge in [0.15, 0.2) is 0 Å². The number of hydrogen-bond donors (Lipinski definition) is 2. The Morgan fingerprint density at radius 3 is 2.81 bits per heavy atom. The second kappa shape index (κ2) is 10.3. The van der Waals surface area contributed by atoms with E-state index in [9.17, 15) is 0 Å². The molecule has 0 amide bonds. The monoisotopic (exact) mass is 437 g/mol. The van der Waals surface area contributed by atoms with Crippen molar-refractivity contribution < 1.29 is 4.74 Å². The first-order valence-corrected chi connectivity index (χ1v) is 10.2. The summed E-state index contributed by atoms with van der Waals surface area (Å²) in [6, 6.07) is 13.9. The fourth-order valence-corrected chi connectivity index (χ4v) is 3.63. The third kappa shape index (κ3) is 6.25. The Bertz CT molecular complexity index is 707. The first-order chi connectivity index (χ1) is 12.7. The Labute approximate surface area is 169 Å². The molecule has 0 aromatic heterocycles. The molecule has 1 fully saturated rings. The standard InChI is InChI=1S/C20H25BrClN3O/c21-18-4-5-20(26-15-16-2-1-3-19(22)12-16)17(13-18)14-24-8-11-25-9-6-23-7-10-25/h1-5,12-13,23-24H,6-11,14-15H2. The molecular formula is C20H25BrClN3O. The third-order valence-electron chi connectivity index (χ3n) is 4.44. The number of nitrogens with zero attached hydrogens (tertiary/aromatic N) is 1. The van der Waals surface area contributed by atoms with E-state index in [-0.39, 0.29) is 0 Å². The van der Waals surface area contributed by atoms with Crippen LogP contribution in [0.15, 0.2) is 46.9 Å². The summed E-state index contributed by atoms with van der Waals surface area (Å²) in [5.74, 6) is 0.905. The zero-order valence-electron chi connectivity index (χ0n) is 14.8. The summed E-state index contributed by atoms with van der Waals surface area (Å²) < 4.78 is 7.10. The second-order valence-corrected chi connectivity index (χ2v) is 7.79. The summed E-state index contributed by atoms with van der Waals surface area (Å²) in [7, 11) is 0. The fourth-order valence-electron chi connectivity index (χ4n) is 3.01. The lowest BCUT2D eigenvalue weighted by Crippen LogP contribution is -2.45. The molecular weight excluding hydrogens is 414 g/mol. The molecule has 2 N–H and O–H groups in total. The maximum atomic E-state index is 6.05. The van der Waals surface area contributed by atoms with Crippen LogP contribution >= 0.6 is 27.5 Å². The molecule has 26 heavy (non-hydrogen) atoms. The Morgan fingerprint density at radius 2 is 2.00 bits per heavy atom. The number of piperazine rings is 1. The van der Waals surface area contributed by atoms with Crippen LogP contribution in [0.1, 0.15) is 11.1 Å². The van der Waals surface area contributed by atoms with Crippen LogP contribution in [-0.2, 0) is 13.2 Å². The van der Waals surface area contributed by atoms with Crippen molar-refractivity contribution in [2.75, 3.05) is 39.3 Å². The minimum absolute atomic E-state index is 0.510. The van der Waals surface area contributed by atoms with E-state index in [0.717, 1.165) is 72.2 Å². The predicted octanol–water partition coefficient (Wildman–Crippen LogP) is 3.68. The molecule has 0 spiro atoms. The van der Waals surface area contributed by atoms with E-state index < -0.39 is 0 Å². The van der Waals surface area contributed by atoms with Crippen molar-refractivity contribution in [3.05, 3.63) is 63.1 Å². The molecule has 0 aliphatic carbocycles. The van der Waals surface area contributed by atoms with E-state index in [1.54, 1.807) is 0 Å². The smallest absolute Gasteiger partial charge is 0.124 e. The van der Waals surface area contributed by atoms with Crippen LogP contribution in [0.5, 0.6) is 5.75 Å². The van der Waals surface area contributed by atoms with Crippen molar-refractivity contribution in [3.63, 3.8) is 0 Å². The van der Waals surface area contributed by atoms with Gasteiger partial charge in [0.1, 0.15) is 12.4 Å². The van der Waals surface area contributed by atoms with E-state index in [1.807, 2.05) is 36.4 Å². The summed E-state index contributed by atoms with van der Waals surface area (Å²) in [5, 5.41) is 7.66. The fraction of sp³-hybridized carbons (Fsp3) is 0.400. The van der Waals surface area contributed by atoms with Crippen molar-refractivity contribution in [2.24, 2.45) is 0 Å². The second-order valence-electron chi connectivity index (χ2n) is 6.44. The zero-order valence-corrected chi connectivity index (χ0v) is 17.2. The zero-order chi connectivity index (χ0) is 18.2. The number of rotatable bonds is 8. The lowest BCUT2D eigenvalue weighted by Gasteiger charge is -2.27. The molecule has 140 valence electrons. The van der Waals surface area contributed by atoms with Crippen LogP contribution in [-0.4, -0.2) is 44.2 Å². The quantitative estimate of drug-likeness (QED) is 0.617. The maximum Gasteiger partial charge on any atom is 0.124 e. The molecule has 1 heterocycles. The summed E-state index contributed by atoms with van der Waals surface area (Å²) in [6.07, 6.45) is 0. The van der Waals surface area contributed by atoms with Crippen LogP contribution in [0.25, 0.3) is 0 Å². The number of hydrogen-bond acceptors (Lipinski definition) is 4. The minimum atomic E-state index is 0.510. The predicted molar refractivity (Wildman–Crippen MR) is 111 cm³/mol. The van der Waals surface area contributed by atoms with Gasteiger partial charge in [0.2, 0.25) is 0 Å². The summed E-state index contributed by atoms with van der Waals surface area (Å²) >= 11 is 9.60. The molecule has 1 aliphatic rings. The van der Waals surface area contributed by atoms with E-state index in [4.69, 9.17) is 16.3 Å². The minimum Gasteiger partial charge on any atom is -0.489 e. The van der Waals surface area contributed by atoms with Crippen LogP contribution in [0, 0.1) is 0 Å². The van der Waals surface area contributed by atoms with Gasteiger partial charge in [-0.1, -0.05) is 39.7 Å². The van der Waals surface area contributed by atoms with E-state index in [1.165, 1.54) is 0 Å². The highest BCUT2D eigenvalue weighted by Gasteiger charge is 2.09. The number of benzene rings is 2. The number of ether oxygens (including phenoxy) is 1. The molecule has 0 saturated carbocycles. The van der Waals surface area contributed by atoms with Gasteiger partial charge in [-0.3, -0.25) is 4.90 Å². The normalized spacial score (nSPS) is 15.2. The lowest BCUT2D eigenvalue weighted by molar-refractivity contribution is 0.240. The first kappa shape index (κ1) is 19.6. The van der Waals surface area contributed by atoms with Gasteiger partial charge in [0.25, 0.3) is 0 Å². The highest BCUT2D eigenvalue weighted by Crippen LogP contribution is 2.24. The van der Waals surface area contributed by atoms with Crippen molar-refractivity contribution in [1.29, 1.82) is 0 Å². The van der Waals surface area contributed by atoms with Gasteiger partial charge in [-0.05, 0) is 35.9 Å². The molecule has 1 aliphatic heterocycles. The van der Waals surface area contributed by atoms with Crippen molar-refractivity contribution in [1.82, 2.24) is 15.5 Å². The Morgan fingerprint density at radius 1 is 1.15 bits per heavy atom. The van der Waals surface area contributed by atoms with Gasteiger partial charge in [0, 0.05) is 60.9 Å². The van der Waals surface area contributed by atoms with Crippen molar-refractivity contribution in [3.8, 4) is 5.75 Å². The largest absolute Gasteiger partial charge is 0.489 e. The molecule has 3 rings (SSSR count). The average Bonchev–Trinajstić information content (AvgIpc) is 2.65. The van der Waals surface area contributed by atoms with Crippen LogP contribution in [0.4, 0.5) is 0 Å². The Balaban J connectivity index is 1.51. The van der Waals surface area contributed by atoms with Crippen molar-refractivity contribution >= 4 is 27.5 Å². The summed E-state index contributed by atoms with van der Waals surface area (Å²) in [5.41, 5.74) is 2.22. The molecule has 0 atom stereocenters. The first-order valence-electron chi connectivity index (χ1n) is 9.00. The third-order valence-corrected chi connectivity index (χ3v) is 5.16. The van der Waals surface area contributed by atoms with Gasteiger partial charge in [-0.25, -0.2) is 0 Å². The Kier molecular flexibility index (Phi) is 7.77. The van der Waals surface area contributed by atoms with Crippen LogP contribution < -0.4 is 15.4 Å². The molecule has 0 radical (unpaired) electrons. The average molecular weight is 439 g/mol. The Hall–Kier alpha value is -1.11. The molecule has 1 saturated heterocycles. The summed E-state index contributed by atoms with van der Waals surface area (Å²) in [6.45, 7) is 7.79. The van der Waals surface area contributed by atoms with E-state index in [2.05, 4.69) is 37.5 Å². The van der Waals surface area contributed by atoms with Gasteiger partial charge in [-0.2, -0.15) is 0 Å². The highest BCUT2D eigenvalue weighted by atomic mass is 79.9. The van der Waals surface area contributed by atoms with Crippen LogP contribution in [0.2, 0.25) is 5.02 Å². The molecule has 0 unspecified atom stereocenters. The molecule has 0 bridgehead atoms. The number of nitrogens with one attached hydrogen (secondary N) is 2. The molecule has 4 nitrogen and oxygen atoms in total. The lowest BCUT2D eigenvalue weighted by atomic mass is 10.2. The molecule has 2 aromatic rings. The van der Waals surface area contributed by atoms with E-state index >= 15 is 0 Å². The SMILES string of the molecule is Clc1cccc(COc2ccc(Br)cc2CNCCN2CCNCC2)c1. The van der Waals surface area contributed by atoms with Gasteiger partial charge >= 0.3 is 0 Å². The van der Waals surface area contributed by atoms with E-state index in [0.29, 0.717) is 6.61 Å². The highest BCUT2D eigenvalue weighted by molar-refractivity contribution is 9.10. The number of halogens is 2. The van der Waals surface area contributed by atoms with Gasteiger partial charge < -0.3 is 15.4 Å². The topological polar surface area (TPSA) is 36.5 Å². The maximum absolute atomic E-state index is 6.05. The molecule has 6 heteroatoms. The van der Waals surface area contributed by atoms with Crippen LogP contribution in [0.3, 0.4) is 0 Å². The van der Waals surface area contributed by atoms with Gasteiger partial charge in [-0.15, -0.1) is 0 Å². The summed E-state index contributed by atoms with van der Waals surface area (Å²) in [4.78, 5) is 2.49. The van der Waals surface area contributed by atoms with Crippen molar-refractivity contribution in [2.45, 2.75) is 13.2 Å². The van der Waals surface area contributed by atoms with Gasteiger partial charge in [0.05, 0.1) is 0 Å². The molecule has 2 aromatic carbocycles.